The van der Waals surface area contributed by atoms with Gasteiger partial charge in [-0.25, -0.2) is 0 Å². The third-order valence-electron chi connectivity index (χ3n) is 5.04. The second kappa shape index (κ2) is 7.23. The van der Waals surface area contributed by atoms with E-state index in [4.69, 9.17) is 4.74 Å². The molecule has 0 aromatic carbocycles. The van der Waals surface area contributed by atoms with Gasteiger partial charge in [0.05, 0.1) is 24.7 Å². The number of ether oxygens (including phenoxy) is 1. The molecular weight excluding hydrogens is 324 g/mol. The number of hydrogen-bond acceptors (Lipinski definition) is 4. The summed E-state index contributed by atoms with van der Waals surface area (Å²) in [6.07, 6.45) is 3.06. The van der Waals surface area contributed by atoms with Gasteiger partial charge in [0.25, 0.3) is 0 Å². The van der Waals surface area contributed by atoms with Gasteiger partial charge in [-0.2, -0.15) is 11.3 Å². The van der Waals surface area contributed by atoms with Crippen molar-refractivity contribution in [3.8, 4) is 0 Å². The van der Waals surface area contributed by atoms with Crippen LogP contribution in [0.2, 0.25) is 0 Å². The van der Waals surface area contributed by atoms with Crippen LogP contribution in [0.3, 0.4) is 0 Å². The van der Waals surface area contributed by atoms with Gasteiger partial charge in [0.15, 0.2) is 0 Å². The van der Waals surface area contributed by atoms with E-state index in [9.17, 15) is 9.59 Å². The third-order valence-corrected chi connectivity index (χ3v) is 5.77. The third kappa shape index (κ3) is 3.98. The molecule has 0 aliphatic carbocycles. The van der Waals surface area contributed by atoms with E-state index in [2.05, 4.69) is 5.32 Å². The lowest BCUT2D eigenvalue weighted by Crippen LogP contribution is -2.47. The van der Waals surface area contributed by atoms with Gasteiger partial charge in [0, 0.05) is 19.0 Å². The number of nitrogens with zero attached hydrogens (tertiary/aromatic N) is 1. The van der Waals surface area contributed by atoms with Crippen LogP contribution in [0.1, 0.15) is 38.7 Å². The number of carbonyl (C=O) groups excluding carboxylic acids is 2. The number of nitrogens with one attached hydrogen (secondary N) is 1. The molecule has 2 aliphatic rings. The van der Waals surface area contributed by atoms with E-state index >= 15 is 0 Å². The number of hydrogen-bond donors (Lipinski definition) is 1. The highest BCUT2D eigenvalue weighted by atomic mass is 32.1. The molecule has 0 saturated carbocycles. The maximum atomic E-state index is 12.4. The van der Waals surface area contributed by atoms with Crippen molar-refractivity contribution >= 4 is 23.2 Å². The Morgan fingerprint density at radius 3 is 2.79 bits per heavy atom. The predicted molar refractivity (Wildman–Crippen MR) is 93.9 cm³/mol. The highest BCUT2D eigenvalue weighted by Gasteiger charge is 2.43. The van der Waals surface area contributed by atoms with Crippen molar-refractivity contribution in [3.05, 3.63) is 22.4 Å². The van der Waals surface area contributed by atoms with Crippen LogP contribution >= 0.6 is 11.3 Å². The summed E-state index contributed by atoms with van der Waals surface area (Å²) < 4.78 is 6.06. The number of piperidine rings is 1. The molecule has 24 heavy (non-hydrogen) atoms. The van der Waals surface area contributed by atoms with Crippen LogP contribution in [-0.4, -0.2) is 48.1 Å². The maximum Gasteiger partial charge on any atom is 0.227 e. The molecule has 0 radical (unpaired) electrons. The molecule has 1 aromatic heterocycles. The summed E-state index contributed by atoms with van der Waals surface area (Å²) in [6, 6.07) is 2.11. The summed E-state index contributed by atoms with van der Waals surface area (Å²) in [4.78, 5) is 26.2. The molecule has 6 heteroatoms. The van der Waals surface area contributed by atoms with Crippen LogP contribution in [-0.2, 0) is 20.7 Å². The van der Waals surface area contributed by atoms with E-state index in [0.717, 1.165) is 37.9 Å². The second-order valence-corrected chi connectivity index (χ2v) is 8.03. The van der Waals surface area contributed by atoms with Gasteiger partial charge in [-0.15, -0.1) is 0 Å². The summed E-state index contributed by atoms with van der Waals surface area (Å²) in [5, 5.41) is 7.11. The van der Waals surface area contributed by atoms with Gasteiger partial charge in [0.2, 0.25) is 11.8 Å². The second-order valence-electron chi connectivity index (χ2n) is 7.25. The molecule has 2 saturated heterocycles. The molecule has 1 N–H and O–H groups in total. The van der Waals surface area contributed by atoms with Crippen LogP contribution < -0.4 is 5.32 Å². The zero-order valence-corrected chi connectivity index (χ0v) is 15.2. The van der Waals surface area contributed by atoms with E-state index in [1.165, 1.54) is 0 Å². The smallest absolute Gasteiger partial charge is 0.227 e. The summed E-state index contributed by atoms with van der Waals surface area (Å²) in [5.74, 6) is 0.285. The van der Waals surface area contributed by atoms with Crippen molar-refractivity contribution < 1.29 is 14.3 Å². The van der Waals surface area contributed by atoms with Crippen LogP contribution in [0.25, 0.3) is 0 Å². The van der Waals surface area contributed by atoms with E-state index in [1.807, 2.05) is 35.6 Å². The van der Waals surface area contributed by atoms with Gasteiger partial charge in [-0.3, -0.25) is 9.59 Å². The first-order chi connectivity index (χ1) is 11.5. The number of amides is 2. The first kappa shape index (κ1) is 17.4. The summed E-state index contributed by atoms with van der Waals surface area (Å²) in [7, 11) is 0. The molecule has 1 spiro atoms. The minimum absolute atomic E-state index is 0.00174. The van der Waals surface area contributed by atoms with Crippen molar-refractivity contribution in [2.24, 2.45) is 5.92 Å². The molecule has 2 fully saturated rings. The molecule has 3 heterocycles. The van der Waals surface area contributed by atoms with Crippen LogP contribution in [0.15, 0.2) is 16.8 Å². The van der Waals surface area contributed by atoms with Gasteiger partial charge < -0.3 is 15.0 Å². The Hall–Kier alpha value is -1.40. The molecule has 1 atom stereocenters. The first-order valence-electron chi connectivity index (χ1n) is 8.71. The normalized spacial score (nSPS) is 23.0. The molecule has 0 unspecified atom stereocenters. The fraction of sp³-hybridized carbons (Fsp3) is 0.667. The summed E-state index contributed by atoms with van der Waals surface area (Å²) in [6.45, 7) is 5.87. The van der Waals surface area contributed by atoms with Gasteiger partial charge in [0.1, 0.15) is 0 Å². The standard InChI is InChI=1S/C18H26N2O3S/c1-13(2)17(22)19-15-10-18(23-11-15)4-6-20(7-5-18)16(21)9-14-3-8-24-12-14/h3,8,12-13,15H,4-7,9-11H2,1-2H3,(H,19,22)/t15-/m0/s1. The minimum atomic E-state index is -0.159. The fourth-order valence-corrected chi connectivity index (χ4v) is 4.17. The molecule has 3 rings (SSSR count). The Kier molecular flexibility index (Phi) is 5.25. The Labute approximate surface area is 147 Å². The van der Waals surface area contributed by atoms with E-state index in [1.54, 1.807) is 11.3 Å². The molecule has 5 nitrogen and oxygen atoms in total. The molecule has 2 aliphatic heterocycles. The Morgan fingerprint density at radius 2 is 2.17 bits per heavy atom. The van der Waals surface area contributed by atoms with E-state index in [-0.39, 0.29) is 29.4 Å². The van der Waals surface area contributed by atoms with E-state index in [0.29, 0.717) is 13.0 Å². The average molecular weight is 350 g/mol. The molecule has 132 valence electrons. The molecular formula is C18H26N2O3S. The minimum Gasteiger partial charge on any atom is -0.373 e. The van der Waals surface area contributed by atoms with Crippen molar-refractivity contribution in [1.82, 2.24) is 10.2 Å². The average Bonchev–Trinajstić information content (AvgIpc) is 3.18. The number of likely N-dealkylation sites (tertiary alicyclic amines) is 1. The monoisotopic (exact) mass is 350 g/mol. The van der Waals surface area contributed by atoms with Gasteiger partial charge in [-0.05, 0) is 41.7 Å². The lowest BCUT2D eigenvalue weighted by atomic mass is 9.87. The number of rotatable bonds is 4. The number of thiophene rings is 1. The van der Waals surface area contributed by atoms with Crippen molar-refractivity contribution in [2.45, 2.75) is 51.2 Å². The lowest BCUT2D eigenvalue weighted by molar-refractivity contribution is -0.135. The Morgan fingerprint density at radius 1 is 1.42 bits per heavy atom. The topological polar surface area (TPSA) is 58.6 Å². The highest BCUT2D eigenvalue weighted by molar-refractivity contribution is 7.08. The quantitative estimate of drug-likeness (QED) is 0.906. The van der Waals surface area contributed by atoms with Gasteiger partial charge >= 0.3 is 0 Å². The summed E-state index contributed by atoms with van der Waals surface area (Å²) >= 11 is 1.63. The largest absolute Gasteiger partial charge is 0.373 e. The van der Waals surface area contributed by atoms with Crippen LogP contribution in [0, 0.1) is 5.92 Å². The molecule has 2 amide bonds. The fourth-order valence-electron chi connectivity index (χ4n) is 3.50. The molecule has 0 bridgehead atoms. The van der Waals surface area contributed by atoms with Crippen LogP contribution in [0.4, 0.5) is 0 Å². The van der Waals surface area contributed by atoms with Crippen molar-refractivity contribution in [2.75, 3.05) is 19.7 Å². The summed E-state index contributed by atoms with van der Waals surface area (Å²) in [5.41, 5.74) is 0.938. The zero-order valence-electron chi connectivity index (χ0n) is 14.4. The maximum absolute atomic E-state index is 12.4. The highest BCUT2D eigenvalue weighted by Crippen LogP contribution is 2.36. The Balaban J connectivity index is 1.48. The van der Waals surface area contributed by atoms with Crippen LogP contribution in [0.5, 0.6) is 0 Å². The lowest BCUT2D eigenvalue weighted by Gasteiger charge is -2.38. The SMILES string of the molecule is CC(C)C(=O)N[C@@H]1COC2(CCN(C(=O)Cc3ccsc3)CC2)C1. The first-order valence-corrected chi connectivity index (χ1v) is 9.65. The predicted octanol–water partition coefficient (Wildman–Crippen LogP) is 2.21. The van der Waals surface area contributed by atoms with Crippen molar-refractivity contribution in [1.29, 1.82) is 0 Å². The van der Waals surface area contributed by atoms with Crippen molar-refractivity contribution in [3.63, 3.8) is 0 Å². The number of carbonyl (C=O) groups is 2. The van der Waals surface area contributed by atoms with Gasteiger partial charge in [-0.1, -0.05) is 13.8 Å². The molecule has 1 aromatic rings. The zero-order chi connectivity index (χ0) is 17.2. The Bertz CT molecular complexity index is 577. The van der Waals surface area contributed by atoms with E-state index < -0.39 is 0 Å².